The van der Waals surface area contributed by atoms with Gasteiger partial charge in [-0.25, -0.2) is 0 Å². The van der Waals surface area contributed by atoms with Gasteiger partial charge in [0.05, 0.1) is 16.8 Å². The van der Waals surface area contributed by atoms with E-state index in [-0.39, 0.29) is 10.8 Å². The van der Waals surface area contributed by atoms with E-state index in [1.165, 1.54) is 83.5 Å². The molecule has 0 N–H and O–H groups in total. The lowest BCUT2D eigenvalue weighted by molar-refractivity contribution is 0.532. The van der Waals surface area contributed by atoms with Gasteiger partial charge in [-0.05, 0) is 166 Å². The van der Waals surface area contributed by atoms with Crippen LogP contribution < -0.4 is 9.80 Å². The highest BCUT2D eigenvalue weighted by Crippen LogP contribution is 2.64. The van der Waals surface area contributed by atoms with Crippen molar-refractivity contribution in [3.8, 4) is 66.8 Å². The molecule has 0 saturated carbocycles. The molecule has 420 valence electrons. The molecular formula is C86H66N2. The SMILES string of the molecule is C=C1/C=C\C(N(c2cc(-c3cccc4c3-c3ccccc3C43c4ccccc4-c4ccccc43)cc(N(c3ccc4c(c3)C(C)(C)c3ccccc3-4)c3ccccc3-c3ccccc3)c2)c2ccccc2-c2ccccc2)=C/CC(C)(C)c2ccccc21. The first-order valence-corrected chi connectivity index (χ1v) is 31.0. The van der Waals surface area contributed by atoms with Crippen molar-refractivity contribution in [1.82, 2.24) is 0 Å². The Balaban J connectivity index is 1.02. The Morgan fingerprint density at radius 3 is 1.36 bits per heavy atom. The molecule has 12 aromatic carbocycles. The van der Waals surface area contributed by atoms with Crippen LogP contribution >= 0.6 is 0 Å². The molecule has 12 aromatic rings. The van der Waals surface area contributed by atoms with Gasteiger partial charge in [0.2, 0.25) is 0 Å². The summed E-state index contributed by atoms with van der Waals surface area (Å²) in [4.78, 5) is 5.09. The van der Waals surface area contributed by atoms with Crippen LogP contribution in [0.3, 0.4) is 0 Å². The lowest BCUT2D eigenvalue weighted by Crippen LogP contribution is -2.25. The minimum Gasteiger partial charge on any atom is -0.310 e. The summed E-state index contributed by atoms with van der Waals surface area (Å²) in [5.74, 6) is 0. The summed E-state index contributed by atoms with van der Waals surface area (Å²) in [5.41, 5.74) is 31.3. The molecule has 0 aromatic heterocycles. The van der Waals surface area contributed by atoms with Gasteiger partial charge in [0, 0.05) is 39.3 Å². The van der Waals surface area contributed by atoms with Crippen LogP contribution in [0.2, 0.25) is 0 Å². The van der Waals surface area contributed by atoms with Gasteiger partial charge in [-0.2, -0.15) is 0 Å². The Morgan fingerprint density at radius 1 is 0.307 bits per heavy atom. The van der Waals surface area contributed by atoms with E-state index in [2.05, 4.69) is 341 Å². The first kappa shape index (κ1) is 53.0. The number of hydrogen-bond acceptors (Lipinski definition) is 2. The second kappa shape index (κ2) is 20.6. The maximum Gasteiger partial charge on any atom is 0.0725 e. The molecule has 88 heavy (non-hydrogen) atoms. The summed E-state index contributed by atoms with van der Waals surface area (Å²) < 4.78 is 0. The van der Waals surface area contributed by atoms with Crippen molar-refractivity contribution in [3.05, 3.63) is 360 Å². The van der Waals surface area contributed by atoms with Gasteiger partial charge in [-0.15, -0.1) is 0 Å². The standard InChI is InChI=1S/C86H66N2/c1-57-47-48-61(51-52-84(2,3)74-39-19-12-31-65(57)74)87(81-45-24-17-32-66(81)58-27-8-6-9-28-58)63-53-60(68-38-26-44-79-83(68)73-37-16-23-43-78(73)86(79)76-41-21-14-35-70(76)71-36-15-22-42-77(71)86)54-64(55-63)88(82-46-25-18-33-67(82)59-29-10-7-11-30-59)62-49-50-72-69-34-13-20-40-75(69)85(4,5)80(72)56-62/h6-51,53-56H,1,52H2,2-5H3/b48-47-,61-51+. The van der Waals surface area contributed by atoms with Crippen LogP contribution in [0.1, 0.15) is 78.6 Å². The maximum atomic E-state index is 4.78. The van der Waals surface area contributed by atoms with Gasteiger partial charge in [-0.1, -0.05) is 289 Å². The molecule has 0 heterocycles. The highest BCUT2D eigenvalue weighted by Gasteiger charge is 2.52. The molecule has 2 nitrogen and oxygen atoms in total. The molecule has 0 unspecified atom stereocenters. The van der Waals surface area contributed by atoms with Crippen molar-refractivity contribution in [3.63, 3.8) is 0 Å². The fraction of sp³-hybridized carbons (Fsp3) is 0.0930. The third-order valence-electron chi connectivity index (χ3n) is 19.6. The van der Waals surface area contributed by atoms with Gasteiger partial charge in [-0.3, -0.25) is 0 Å². The van der Waals surface area contributed by atoms with Crippen LogP contribution in [0.5, 0.6) is 0 Å². The number of nitrogens with zero attached hydrogens (tertiary/aromatic N) is 2. The molecule has 0 saturated heterocycles. The third kappa shape index (κ3) is 8.16. The minimum atomic E-state index is -0.522. The van der Waals surface area contributed by atoms with E-state index in [0.717, 1.165) is 73.9 Å². The van der Waals surface area contributed by atoms with Crippen LogP contribution in [-0.4, -0.2) is 0 Å². The Bertz CT molecular complexity index is 4810. The number of fused-ring (bicyclic) bond motifs is 14. The highest BCUT2D eigenvalue weighted by atomic mass is 15.2. The Kier molecular flexibility index (Phi) is 12.4. The van der Waals surface area contributed by atoms with E-state index in [1.807, 2.05) is 0 Å². The van der Waals surface area contributed by atoms with E-state index in [9.17, 15) is 0 Å². The molecule has 0 radical (unpaired) electrons. The fourth-order valence-electron chi connectivity index (χ4n) is 15.5. The van der Waals surface area contributed by atoms with Crippen molar-refractivity contribution < 1.29 is 0 Å². The zero-order valence-electron chi connectivity index (χ0n) is 50.2. The number of hydrogen-bond donors (Lipinski definition) is 0. The Labute approximate surface area is 518 Å². The van der Waals surface area contributed by atoms with Crippen molar-refractivity contribution in [2.45, 2.75) is 50.4 Å². The van der Waals surface area contributed by atoms with Gasteiger partial charge in [0.1, 0.15) is 0 Å². The number of benzene rings is 12. The summed E-state index contributed by atoms with van der Waals surface area (Å²) in [7, 11) is 0. The zero-order valence-corrected chi connectivity index (χ0v) is 50.2. The summed E-state index contributed by atoms with van der Waals surface area (Å²) in [6.45, 7) is 14.3. The molecule has 0 fully saturated rings. The lowest BCUT2D eigenvalue weighted by Gasteiger charge is -2.34. The van der Waals surface area contributed by atoms with Crippen LogP contribution in [0.15, 0.2) is 316 Å². The molecule has 0 amide bonds. The molecule has 0 aliphatic heterocycles. The summed E-state index contributed by atoms with van der Waals surface area (Å²) in [6.07, 6.45) is 7.80. The fourth-order valence-corrected chi connectivity index (χ4v) is 15.5. The third-order valence-corrected chi connectivity index (χ3v) is 19.6. The van der Waals surface area contributed by atoms with Crippen LogP contribution in [0, 0.1) is 0 Å². The molecule has 4 aliphatic rings. The van der Waals surface area contributed by atoms with Crippen LogP contribution in [0.25, 0.3) is 72.3 Å². The number of para-hydroxylation sites is 2. The predicted octanol–water partition coefficient (Wildman–Crippen LogP) is 22.8. The summed E-state index contributed by atoms with van der Waals surface area (Å²) in [6, 6.07) is 107. The van der Waals surface area contributed by atoms with Gasteiger partial charge >= 0.3 is 0 Å². The molecule has 4 aliphatic carbocycles. The number of anilines is 5. The van der Waals surface area contributed by atoms with Crippen LogP contribution in [-0.2, 0) is 16.2 Å². The molecule has 2 heteroatoms. The van der Waals surface area contributed by atoms with Gasteiger partial charge in [0.25, 0.3) is 0 Å². The maximum absolute atomic E-state index is 4.78. The monoisotopic (exact) mass is 1130 g/mol. The van der Waals surface area contributed by atoms with E-state index in [1.54, 1.807) is 0 Å². The normalized spacial score (nSPS) is 15.8. The highest BCUT2D eigenvalue weighted by molar-refractivity contribution is 6.02. The second-order valence-corrected chi connectivity index (χ2v) is 25.3. The first-order valence-electron chi connectivity index (χ1n) is 31.0. The zero-order chi connectivity index (χ0) is 59.3. The second-order valence-electron chi connectivity index (χ2n) is 25.3. The van der Waals surface area contributed by atoms with Crippen molar-refractivity contribution in [2.75, 3.05) is 9.80 Å². The quantitative estimate of drug-likeness (QED) is 0.142. The minimum absolute atomic E-state index is 0.223. The number of allylic oxidation sites excluding steroid dienone is 4. The lowest BCUT2D eigenvalue weighted by atomic mass is 9.70. The molecule has 1 spiro atoms. The smallest absolute Gasteiger partial charge is 0.0725 e. The molecule has 16 rings (SSSR count). The van der Waals surface area contributed by atoms with E-state index in [0.29, 0.717) is 0 Å². The van der Waals surface area contributed by atoms with Crippen LogP contribution in [0.4, 0.5) is 28.4 Å². The number of rotatable bonds is 9. The Hall–Kier alpha value is -10.5. The average Bonchev–Trinajstić information content (AvgIpc) is 1.52. The van der Waals surface area contributed by atoms with Gasteiger partial charge in [0.15, 0.2) is 0 Å². The van der Waals surface area contributed by atoms with Crippen molar-refractivity contribution >= 4 is 34.0 Å². The average molecular weight is 1130 g/mol. The van der Waals surface area contributed by atoms with E-state index < -0.39 is 5.41 Å². The predicted molar refractivity (Wildman–Crippen MR) is 370 cm³/mol. The topological polar surface area (TPSA) is 6.48 Å². The molecular weight excluding hydrogens is 1060 g/mol. The van der Waals surface area contributed by atoms with Crippen molar-refractivity contribution in [2.24, 2.45) is 0 Å². The largest absolute Gasteiger partial charge is 0.310 e. The molecule has 0 atom stereocenters. The van der Waals surface area contributed by atoms with E-state index >= 15 is 0 Å². The summed E-state index contributed by atoms with van der Waals surface area (Å²) in [5, 5.41) is 0. The first-order chi connectivity index (χ1) is 43.1. The molecule has 0 bridgehead atoms. The van der Waals surface area contributed by atoms with Crippen molar-refractivity contribution in [1.29, 1.82) is 0 Å². The van der Waals surface area contributed by atoms with Gasteiger partial charge < -0.3 is 9.80 Å². The van der Waals surface area contributed by atoms with E-state index in [4.69, 9.17) is 6.58 Å². The summed E-state index contributed by atoms with van der Waals surface area (Å²) >= 11 is 0. The Morgan fingerprint density at radius 2 is 0.750 bits per heavy atom.